The largest absolute Gasteiger partial charge is 0.331 e. The number of amides is 2. The lowest BCUT2D eigenvalue weighted by Crippen LogP contribution is -2.53. The lowest BCUT2D eigenvalue weighted by Gasteiger charge is -2.35. The number of nitrogens with one attached hydrogen (secondary N) is 1. The first-order valence-corrected chi connectivity index (χ1v) is 11.8. The second-order valence-electron chi connectivity index (χ2n) is 8.88. The number of benzene rings is 2. The van der Waals surface area contributed by atoms with E-state index < -0.39 is 10.0 Å². The Morgan fingerprint density at radius 2 is 1.47 bits per heavy atom. The predicted octanol–water partition coefficient (Wildman–Crippen LogP) is 3.88. The number of rotatable bonds is 5. The molecule has 7 heteroatoms. The van der Waals surface area contributed by atoms with Crippen LogP contribution in [-0.4, -0.2) is 49.8 Å². The Morgan fingerprint density at radius 3 is 2.00 bits per heavy atom. The monoisotopic (exact) mass is 429 g/mol. The van der Waals surface area contributed by atoms with Crippen molar-refractivity contribution in [2.45, 2.75) is 38.1 Å². The van der Waals surface area contributed by atoms with Gasteiger partial charge in [-0.3, -0.25) is 0 Å². The first kappa shape index (κ1) is 22.3. The fourth-order valence-electron chi connectivity index (χ4n) is 3.66. The van der Waals surface area contributed by atoms with Gasteiger partial charge in [0.15, 0.2) is 0 Å². The summed E-state index contributed by atoms with van der Waals surface area (Å²) in [5.41, 5.74) is 1.13. The maximum Gasteiger partial charge on any atom is 0.317 e. The van der Waals surface area contributed by atoms with Crippen molar-refractivity contribution < 1.29 is 13.2 Å². The molecule has 1 aliphatic rings. The maximum absolute atomic E-state index is 12.9. The summed E-state index contributed by atoms with van der Waals surface area (Å²) >= 11 is 0. The van der Waals surface area contributed by atoms with Crippen LogP contribution in [0.25, 0.3) is 0 Å². The minimum Gasteiger partial charge on any atom is -0.331 e. The standard InChI is InChI=1S/C23H31N3O3S/c1-23(2,3)18-21(19-10-6-4-7-11-19)24-22(27)25-14-16-26(17-15-25)30(28,29)20-12-8-5-9-13-20/h4-13,21H,14-18H2,1-3H3,(H,24,27). The van der Waals surface area contributed by atoms with Gasteiger partial charge in [-0.05, 0) is 29.5 Å². The molecule has 162 valence electrons. The van der Waals surface area contributed by atoms with Gasteiger partial charge in [0, 0.05) is 26.2 Å². The second-order valence-corrected chi connectivity index (χ2v) is 10.8. The molecule has 1 N–H and O–H groups in total. The van der Waals surface area contributed by atoms with Crippen LogP contribution in [0.4, 0.5) is 4.79 Å². The number of carbonyl (C=O) groups excluding carboxylic acids is 1. The molecule has 0 aromatic heterocycles. The molecular formula is C23H31N3O3S. The second kappa shape index (κ2) is 9.18. The molecule has 1 fully saturated rings. The van der Waals surface area contributed by atoms with Crippen LogP contribution in [0.2, 0.25) is 0 Å². The van der Waals surface area contributed by atoms with Gasteiger partial charge in [0.25, 0.3) is 0 Å². The molecule has 0 saturated carbocycles. The molecule has 2 aromatic carbocycles. The highest BCUT2D eigenvalue weighted by Crippen LogP contribution is 2.29. The number of urea groups is 1. The Bertz CT molecular complexity index is 933. The molecule has 0 radical (unpaired) electrons. The summed E-state index contributed by atoms with van der Waals surface area (Å²) in [5, 5.41) is 3.16. The maximum atomic E-state index is 12.9. The molecule has 30 heavy (non-hydrogen) atoms. The number of nitrogens with zero attached hydrogens (tertiary/aromatic N) is 2. The van der Waals surface area contributed by atoms with Gasteiger partial charge in [-0.15, -0.1) is 0 Å². The quantitative estimate of drug-likeness (QED) is 0.784. The van der Waals surface area contributed by atoms with E-state index in [0.29, 0.717) is 26.2 Å². The van der Waals surface area contributed by atoms with Crippen molar-refractivity contribution in [3.8, 4) is 0 Å². The third kappa shape index (κ3) is 5.61. The van der Waals surface area contributed by atoms with Crippen LogP contribution in [0.1, 0.15) is 38.8 Å². The zero-order valence-electron chi connectivity index (χ0n) is 17.9. The summed E-state index contributed by atoms with van der Waals surface area (Å²) < 4.78 is 27.0. The van der Waals surface area contributed by atoms with E-state index in [1.807, 2.05) is 30.3 Å². The van der Waals surface area contributed by atoms with Crippen molar-refractivity contribution in [1.29, 1.82) is 0 Å². The third-order valence-electron chi connectivity index (χ3n) is 5.22. The van der Waals surface area contributed by atoms with Gasteiger partial charge in [0.2, 0.25) is 10.0 Å². The van der Waals surface area contributed by atoms with Crippen molar-refractivity contribution in [3.63, 3.8) is 0 Å². The van der Waals surface area contributed by atoms with E-state index in [2.05, 4.69) is 26.1 Å². The lowest BCUT2D eigenvalue weighted by molar-refractivity contribution is 0.165. The van der Waals surface area contributed by atoms with Gasteiger partial charge >= 0.3 is 6.03 Å². The van der Waals surface area contributed by atoms with Crippen molar-refractivity contribution in [3.05, 3.63) is 66.2 Å². The predicted molar refractivity (Wildman–Crippen MR) is 119 cm³/mol. The van der Waals surface area contributed by atoms with E-state index in [0.717, 1.165) is 12.0 Å². The third-order valence-corrected chi connectivity index (χ3v) is 7.14. The highest BCUT2D eigenvalue weighted by molar-refractivity contribution is 7.89. The zero-order chi connectivity index (χ0) is 21.8. The van der Waals surface area contributed by atoms with E-state index in [4.69, 9.17) is 0 Å². The number of sulfonamides is 1. The van der Waals surface area contributed by atoms with Gasteiger partial charge in [-0.25, -0.2) is 13.2 Å². The Morgan fingerprint density at radius 1 is 0.933 bits per heavy atom. The fraction of sp³-hybridized carbons (Fsp3) is 0.435. The van der Waals surface area contributed by atoms with E-state index in [9.17, 15) is 13.2 Å². The summed E-state index contributed by atoms with van der Waals surface area (Å²) in [4.78, 5) is 14.9. The van der Waals surface area contributed by atoms with E-state index >= 15 is 0 Å². The number of hydrogen-bond donors (Lipinski definition) is 1. The van der Waals surface area contributed by atoms with Crippen molar-refractivity contribution >= 4 is 16.1 Å². The summed E-state index contributed by atoms with van der Waals surface area (Å²) in [5.74, 6) is 0. The van der Waals surface area contributed by atoms with Crippen LogP contribution in [0, 0.1) is 5.41 Å². The summed E-state index contributed by atoms with van der Waals surface area (Å²) in [6.45, 7) is 7.79. The van der Waals surface area contributed by atoms with Crippen LogP contribution in [-0.2, 0) is 10.0 Å². The molecule has 1 saturated heterocycles. The summed E-state index contributed by atoms with van der Waals surface area (Å²) in [7, 11) is -3.53. The SMILES string of the molecule is CC(C)(C)CC(NC(=O)N1CCN(S(=O)(=O)c2ccccc2)CC1)c1ccccc1. The minimum atomic E-state index is -3.53. The van der Waals surface area contributed by atoms with Crippen molar-refractivity contribution in [1.82, 2.24) is 14.5 Å². The van der Waals surface area contributed by atoms with Gasteiger partial charge in [0.1, 0.15) is 0 Å². The van der Waals surface area contributed by atoms with Gasteiger partial charge in [0.05, 0.1) is 10.9 Å². The smallest absolute Gasteiger partial charge is 0.317 e. The average Bonchev–Trinajstić information content (AvgIpc) is 2.73. The van der Waals surface area contributed by atoms with Crippen LogP contribution in [0.15, 0.2) is 65.6 Å². The zero-order valence-corrected chi connectivity index (χ0v) is 18.7. The van der Waals surface area contributed by atoms with Gasteiger partial charge in [-0.1, -0.05) is 69.3 Å². The Balaban J connectivity index is 1.64. The Kier molecular flexibility index (Phi) is 6.83. The molecule has 2 amide bonds. The van der Waals surface area contributed by atoms with Gasteiger partial charge < -0.3 is 10.2 Å². The van der Waals surface area contributed by atoms with E-state index in [1.165, 1.54) is 4.31 Å². The summed E-state index contributed by atoms with van der Waals surface area (Å²) in [6, 6.07) is 18.2. The van der Waals surface area contributed by atoms with Crippen LogP contribution in [0.5, 0.6) is 0 Å². The first-order valence-electron chi connectivity index (χ1n) is 10.3. The van der Waals surface area contributed by atoms with Gasteiger partial charge in [-0.2, -0.15) is 4.31 Å². The molecule has 2 aromatic rings. The Labute approximate surface area is 179 Å². The average molecular weight is 430 g/mol. The van der Waals surface area contributed by atoms with E-state index in [1.54, 1.807) is 35.2 Å². The topological polar surface area (TPSA) is 69.7 Å². The van der Waals surface area contributed by atoms with Crippen LogP contribution in [0.3, 0.4) is 0 Å². The number of piperazine rings is 1. The molecule has 0 spiro atoms. The molecule has 1 heterocycles. The Hall–Kier alpha value is -2.38. The highest BCUT2D eigenvalue weighted by Gasteiger charge is 2.31. The molecule has 6 nitrogen and oxygen atoms in total. The lowest BCUT2D eigenvalue weighted by atomic mass is 9.85. The normalized spacial score (nSPS) is 16.8. The first-order chi connectivity index (χ1) is 14.2. The van der Waals surface area contributed by atoms with Crippen molar-refractivity contribution in [2.75, 3.05) is 26.2 Å². The summed E-state index contributed by atoms with van der Waals surface area (Å²) in [6.07, 6.45) is 0.811. The molecule has 1 atom stereocenters. The molecular weight excluding hydrogens is 398 g/mol. The molecule has 3 rings (SSSR count). The fourth-order valence-corrected chi connectivity index (χ4v) is 5.11. The molecule has 1 unspecified atom stereocenters. The van der Waals surface area contributed by atoms with Crippen LogP contribution < -0.4 is 5.32 Å². The number of hydrogen-bond acceptors (Lipinski definition) is 3. The molecule has 0 aliphatic carbocycles. The highest BCUT2D eigenvalue weighted by atomic mass is 32.2. The molecule has 1 aliphatic heterocycles. The number of carbonyl (C=O) groups is 1. The van der Waals surface area contributed by atoms with Crippen LogP contribution >= 0.6 is 0 Å². The minimum absolute atomic E-state index is 0.0518. The van der Waals surface area contributed by atoms with Crippen molar-refractivity contribution in [2.24, 2.45) is 5.41 Å². The molecule has 0 bridgehead atoms. The van der Waals surface area contributed by atoms with E-state index in [-0.39, 0.29) is 22.4 Å².